The lowest BCUT2D eigenvalue weighted by atomic mass is 10.0. The van der Waals surface area contributed by atoms with Crippen LogP contribution in [0.25, 0.3) is 0 Å². The van der Waals surface area contributed by atoms with Gasteiger partial charge >= 0.3 is 6.03 Å². The van der Waals surface area contributed by atoms with Crippen molar-refractivity contribution >= 4 is 6.03 Å². The van der Waals surface area contributed by atoms with Crippen molar-refractivity contribution in [3.05, 3.63) is 17.5 Å². The predicted octanol–water partition coefficient (Wildman–Crippen LogP) is 1.48. The molecule has 7 heteroatoms. The van der Waals surface area contributed by atoms with E-state index in [1.54, 1.807) is 11.9 Å². The summed E-state index contributed by atoms with van der Waals surface area (Å²) in [6.07, 6.45) is 0. The van der Waals surface area contributed by atoms with Gasteiger partial charge < -0.3 is 19.5 Å². The van der Waals surface area contributed by atoms with Crippen LogP contribution in [0.2, 0.25) is 0 Å². The van der Waals surface area contributed by atoms with Gasteiger partial charge in [0.2, 0.25) is 0 Å². The summed E-state index contributed by atoms with van der Waals surface area (Å²) in [6, 6.07) is 2.07. The highest BCUT2D eigenvalue weighted by molar-refractivity contribution is 5.73. The van der Waals surface area contributed by atoms with Gasteiger partial charge in [-0.3, -0.25) is 4.90 Å². The minimum absolute atomic E-state index is 0.0930. The van der Waals surface area contributed by atoms with Crippen molar-refractivity contribution < 1.29 is 14.1 Å². The van der Waals surface area contributed by atoms with Gasteiger partial charge in [-0.2, -0.15) is 0 Å². The first kappa shape index (κ1) is 17.7. The number of hydrogen-bond donors (Lipinski definition) is 1. The first-order chi connectivity index (χ1) is 11.0. The van der Waals surface area contributed by atoms with Crippen LogP contribution in [0, 0.1) is 12.8 Å². The van der Waals surface area contributed by atoms with Crippen molar-refractivity contribution in [1.82, 2.24) is 20.3 Å². The molecule has 1 aromatic rings. The second kappa shape index (κ2) is 8.31. The molecule has 0 spiro atoms. The monoisotopic (exact) mass is 324 g/mol. The van der Waals surface area contributed by atoms with Crippen molar-refractivity contribution in [2.45, 2.75) is 33.4 Å². The maximum Gasteiger partial charge on any atom is 0.317 e. The van der Waals surface area contributed by atoms with Crippen LogP contribution in [0.5, 0.6) is 0 Å². The predicted molar refractivity (Wildman–Crippen MR) is 87.1 cm³/mol. The van der Waals surface area contributed by atoms with Crippen LogP contribution in [0.15, 0.2) is 10.6 Å². The number of nitrogens with one attached hydrogen (secondary N) is 1. The molecule has 1 atom stereocenters. The number of nitrogens with zero attached hydrogens (tertiary/aromatic N) is 3. The average molecular weight is 324 g/mol. The van der Waals surface area contributed by atoms with Gasteiger partial charge in [-0.15, -0.1) is 0 Å². The van der Waals surface area contributed by atoms with Gasteiger partial charge in [-0.25, -0.2) is 4.79 Å². The van der Waals surface area contributed by atoms with Gasteiger partial charge in [-0.05, 0) is 12.8 Å². The molecule has 1 aliphatic rings. The Labute approximate surface area is 137 Å². The number of carbonyl (C=O) groups is 1. The number of amides is 2. The topological polar surface area (TPSA) is 70.8 Å². The number of hydrogen-bond acceptors (Lipinski definition) is 5. The standard InChI is InChI=1S/C16H28N4O3/c1-12(2)15(20-5-7-22-8-6-20)10-17-16(21)19(4)11-14-9-13(3)23-18-14/h9,12,15H,5-8,10-11H2,1-4H3,(H,17,21). The number of rotatable bonds is 6. The maximum absolute atomic E-state index is 12.3. The first-order valence-corrected chi connectivity index (χ1v) is 8.20. The van der Waals surface area contributed by atoms with Crippen molar-refractivity contribution in [2.24, 2.45) is 5.92 Å². The van der Waals surface area contributed by atoms with E-state index >= 15 is 0 Å². The van der Waals surface area contributed by atoms with E-state index in [1.165, 1.54) is 0 Å². The van der Waals surface area contributed by atoms with E-state index in [-0.39, 0.29) is 6.03 Å². The summed E-state index contributed by atoms with van der Waals surface area (Å²) in [7, 11) is 1.76. The summed E-state index contributed by atoms with van der Waals surface area (Å²) in [6.45, 7) is 10.7. The first-order valence-electron chi connectivity index (χ1n) is 8.20. The van der Waals surface area contributed by atoms with E-state index in [9.17, 15) is 4.79 Å². The van der Waals surface area contributed by atoms with Gasteiger partial charge in [0, 0.05) is 38.8 Å². The molecule has 2 rings (SSSR count). The van der Waals surface area contributed by atoms with E-state index in [1.807, 2.05) is 13.0 Å². The SMILES string of the molecule is Cc1cc(CN(C)C(=O)NCC(C(C)C)N2CCOCC2)no1. The summed E-state index contributed by atoms with van der Waals surface area (Å²) < 4.78 is 10.4. The van der Waals surface area contributed by atoms with E-state index in [2.05, 4.69) is 29.2 Å². The molecule has 1 aliphatic heterocycles. The Morgan fingerprint density at radius 2 is 2.13 bits per heavy atom. The van der Waals surface area contributed by atoms with Gasteiger partial charge in [0.25, 0.3) is 0 Å². The second-order valence-corrected chi connectivity index (χ2v) is 6.43. The quantitative estimate of drug-likeness (QED) is 0.858. The third kappa shape index (κ3) is 5.21. The van der Waals surface area contributed by atoms with Crippen molar-refractivity contribution in [3.8, 4) is 0 Å². The van der Waals surface area contributed by atoms with Crippen LogP contribution in [0.1, 0.15) is 25.3 Å². The largest absolute Gasteiger partial charge is 0.379 e. The molecular weight excluding hydrogens is 296 g/mol. The van der Waals surface area contributed by atoms with Crippen LogP contribution in [0.3, 0.4) is 0 Å². The summed E-state index contributed by atoms with van der Waals surface area (Å²) in [4.78, 5) is 16.3. The smallest absolute Gasteiger partial charge is 0.317 e. The highest BCUT2D eigenvalue weighted by Gasteiger charge is 2.24. The zero-order valence-corrected chi connectivity index (χ0v) is 14.5. The molecule has 0 bridgehead atoms. The van der Waals surface area contributed by atoms with Gasteiger partial charge in [0.1, 0.15) is 11.5 Å². The van der Waals surface area contributed by atoms with Crippen LogP contribution in [0.4, 0.5) is 4.79 Å². The Bertz CT molecular complexity index is 497. The summed E-state index contributed by atoms with van der Waals surface area (Å²) in [5, 5.41) is 6.95. The lowest BCUT2D eigenvalue weighted by Gasteiger charge is -2.37. The Morgan fingerprint density at radius 1 is 1.43 bits per heavy atom. The second-order valence-electron chi connectivity index (χ2n) is 6.43. The van der Waals surface area contributed by atoms with E-state index in [0.29, 0.717) is 25.0 Å². The zero-order chi connectivity index (χ0) is 16.8. The Morgan fingerprint density at radius 3 is 2.70 bits per heavy atom. The van der Waals surface area contributed by atoms with Crippen molar-refractivity contribution in [1.29, 1.82) is 0 Å². The van der Waals surface area contributed by atoms with Gasteiger partial charge in [0.15, 0.2) is 0 Å². The molecule has 0 aliphatic carbocycles. The molecule has 130 valence electrons. The highest BCUT2D eigenvalue weighted by Crippen LogP contribution is 2.12. The number of aryl methyl sites for hydroxylation is 1. The molecule has 0 saturated carbocycles. The molecular formula is C16H28N4O3. The fraction of sp³-hybridized carbons (Fsp3) is 0.750. The van der Waals surface area contributed by atoms with E-state index < -0.39 is 0 Å². The molecule has 2 heterocycles. The van der Waals surface area contributed by atoms with Crippen LogP contribution < -0.4 is 5.32 Å². The van der Waals surface area contributed by atoms with E-state index in [0.717, 1.165) is 37.8 Å². The number of morpholine rings is 1. The molecule has 1 saturated heterocycles. The summed E-state index contributed by atoms with van der Waals surface area (Å²) in [5.74, 6) is 1.22. The third-order valence-corrected chi connectivity index (χ3v) is 4.17. The van der Waals surface area contributed by atoms with Gasteiger partial charge in [-0.1, -0.05) is 19.0 Å². The number of carbonyl (C=O) groups excluding carboxylic acids is 1. The van der Waals surface area contributed by atoms with E-state index in [4.69, 9.17) is 9.26 Å². The zero-order valence-electron chi connectivity index (χ0n) is 14.5. The number of urea groups is 1. The minimum atomic E-state index is -0.0930. The Kier molecular flexibility index (Phi) is 6.41. The lowest BCUT2D eigenvalue weighted by molar-refractivity contribution is 0.00697. The third-order valence-electron chi connectivity index (χ3n) is 4.17. The molecule has 1 aromatic heterocycles. The Hall–Kier alpha value is -1.60. The molecule has 1 unspecified atom stereocenters. The molecule has 0 radical (unpaired) electrons. The van der Waals surface area contributed by atoms with Crippen LogP contribution in [-0.2, 0) is 11.3 Å². The summed E-state index contributed by atoms with van der Waals surface area (Å²) >= 11 is 0. The molecule has 2 amide bonds. The average Bonchev–Trinajstić information content (AvgIpc) is 2.93. The van der Waals surface area contributed by atoms with Crippen molar-refractivity contribution in [3.63, 3.8) is 0 Å². The molecule has 0 aromatic carbocycles. The van der Waals surface area contributed by atoms with Gasteiger partial charge in [0.05, 0.1) is 19.8 Å². The number of ether oxygens (including phenoxy) is 1. The Balaban J connectivity index is 1.82. The summed E-state index contributed by atoms with van der Waals surface area (Å²) in [5.41, 5.74) is 0.758. The fourth-order valence-corrected chi connectivity index (χ4v) is 2.83. The fourth-order valence-electron chi connectivity index (χ4n) is 2.83. The minimum Gasteiger partial charge on any atom is -0.379 e. The molecule has 1 fully saturated rings. The molecule has 23 heavy (non-hydrogen) atoms. The number of aromatic nitrogens is 1. The normalized spacial score (nSPS) is 17.3. The maximum atomic E-state index is 12.3. The van der Waals surface area contributed by atoms with Crippen molar-refractivity contribution in [2.75, 3.05) is 39.9 Å². The van der Waals surface area contributed by atoms with Crippen LogP contribution in [-0.4, -0.2) is 66.9 Å². The molecule has 7 nitrogen and oxygen atoms in total. The molecule has 1 N–H and O–H groups in total. The van der Waals surface area contributed by atoms with Crippen LogP contribution >= 0.6 is 0 Å². The highest BCUT2D eigenvalue weighted by atomic mass is 16.5. The lowest BCUT2D eigenvalue weighted by Crippen LogP contribution is -2.52.